The Morgan fingerprint density at radius 3 is 2.50 bits per heavy atom. The molecule has 0 bridgehead atoms. The zero-order valence-corrected chi connectivity index (χ0v) is 10.4. The maximum Gasteiger partial charge on any atom is 0.216 e. The van der Waals surface area contributed by atoms with Crippen molar-refractivity contribution in [1.29, 1.82) is 0 Å². The monoisotopic (exact) mass is 221 g/mol. The minimum Gasteiger partial charge on any atom is -0.490 e. The molecule has 16 heavy (non-hydrogen) atoms. The van der Waals surface area contributed by atoms with E-state index in [0.29, 0.717) is 12.0 Å². The van der Waals surface area contributed by atoms with Crippen LogP contribution in [0.3, 0.4) is 0 Å². The Morgan fingerprint density at radius 2 is 2.00 bits per heavy atom. The zero-order valence-electron chi connectivity index (χ0n) is 10.4. The molecule has 1 aromatic heterocycles. The number of hydrogen-bond acceptors (Lipinski definition) is 3. The van der Waals surface area contributed by atoms with Crippen molar-refractivity contribution in [3.05, 3.63) is 17.8 Å². The highest BCUT2D eigenvalue weighted by atomic mass is 16.5. The number of pyridine rings is 1. The lowest BCUT2D eigenvalue weighted by Crippen LogP contribution is -2.14. The molecule has 0 spiro atoms. The van der Waals surface area contributed by atoms with Crippen LogP contribution in [-0.4, -0.2) is 18.2 Å². The molecule has 1 aliphatic carbocycles. The van der Waals surface area contributed by atoms with E-state index >= 15 is 0 Å². The molecule has 0 amide bonds. The van der Waals surface area contributed by atoms with Gasteiger partial charge in [0.25, 0.3) is 0 Å². The molecule has 1 aromatic rings. The second-order valence-electron chi connectivity index (χ2n) is 5.29. The minimum atomic E-state index is 0.0451. The van der Waals surface area contributed by atoms with Gasteiger partial charge < -0.3 is 9.47 Å². The second-order valence-corrected chi connectivity index (χ2v) is 5.29. The van der Waals surface area contributed by atoms with Crippen molar-refractivity contribution >= 4 is 0 Å². The quantitative estimate of drug-likeness (QED) is 0.786. The lowest BCUT2D eigenvalue weighted by atomic mass is 9.87. The first-order valence-corrected chi connectivity index (χ1v) is 5.72. The average molecular weight is 221 g/mol. The van der Waals surface area contributed by atoms with Gasteiger partial charge in [-0.15, -0.1) is 0 Å². The van der Waals surface area contributed by atoms with Crippen molar-refractivity contribution < 1.29 is 9.47 Å². The Kier molecular flexibility index (Phi) is 2.78. The van der Waals surface area contributed by atoms with Crippen LogP contribution in [0.4, 0.5) is 0 Å². The Balaban J connectivity index is 2.33. The van der Waals surface area contributed by atoms with Crippen molar-refractivity contribution in [2.75, 3.05) is 7.11 Å². The van der Waals surface area contributed by atoms with Crippen LogP contribution in [-0.2, 0) is 5.41 Å². The lowest BCUT2D eigenvalue weighted by Gasteiger charge is -2.22. The largest absolute Gasteiger partial charge is 0.490 e. The predicted octanol–water partition coefficient (Wildman–Crippen LogP) is 2.93. The molecule has 1 saturated carbocycles. The first-order chi connectivity index (χ1) is 7.50. The van der Waals surface area contributed by atoms with Crippen LogP contribution in [0.1, 0.15) is 39.2 Å². The Bertz CT molecular complexity index is 378. The minimum absolute atomic E-state index is 0.0451. The van der Waals surface area contributed by atoms with Gasteiger partial charge in [0, 0.05) is 17.8 Å². The second kappa shape index (κ2) is 3.96. The Labute approximate surface area is 96.8 Å². The van der Waals surface area contributed by atoms with E-state index in [9.17, 15) is 0 Å². The molecule has 88 valence electrons. The molecular formula is C13H19NO2. The van der Waals surface area contributed by atoms with Gasteiger partial charge in [-0.1, -0.05) is 20.8 Å². The molecule has 1 heterocycles. The summed E-state index contributed by atoms with van der Waals surface area (Å²) in [7, 11) is 1.62. The first-order valence-electron chi connectivity index (χ1n) is 5.72. The van der Waals surface area contributed by atoms with E-state index in [-0.39, 0.29) is 5.41 Å². The number of ether oxygens (including phenoxy) is 2. The topological polar surface area (TPSA) is 31.4 Å². The fraction of sp³-hybridized carbons (Fsp3) is 0.615. The summed E-state index contributed by atoms with van der Waals surface area (Å²) in [5, 5.41) is 0. The summed E-state index contributed by atoms with van der Waals surface area (Å²) in [4.78, 5) is 4.25. The van der Waals surface area contributed by atoms with E-state index < -0.39 is 0 Å². The molecular weight excluding hydrogens is 202 g/mol. The van der Waals surface area contributed by atoms with E-state index in [1.807, 2.05) is 12.3 Å². The molecule has 0 N–H and O–H groups in total. The summed E-state index contributed by atoms with van der Waals surface area (Å²) < 4.78 is 11.0. The fourth-order valence-corrected chi connectivity index (χ4v) is 1.56. The summed E-state index contributed by atoms with van der Waals surface area (Å²) in [6.45, 7) is 6.49. The van der Waals surface area contributed by atoms with Gasteiger partial charge in [0.05, 0.1) is 13.2 Å². The number of hydrogen-bond donors (Lipinski definition) is 0. The van der Waals surface area contributed by atoms with E-state index in [0.717, 1.165) is 24.2 Å². The number of methoxy groups -OCH3 is 1. The van der Waals surface area contributed by atoms with Crippen LogP contribution in [0.2, 0.25) is 0 Å². The van der Waals surface area contributed by atoms with Gasteiger partial charge >= 0.3 is 0 Å². The standard InChI is InChI=1S/C13H19NO2/c1-13(2,3)10-8-14-12(15-4)7-11(10)16-9-5-6-9/h7-9H,5-6H2,1-4H3. The highest BCUT2D eigenvalue weighted by Gasteiger charge is 2.27. The van der Waals surface area contributed by atoms with Crippen LogP contribution in [0.15, 0.2) is 12.3 Å². The van der Waals surface area contributed by atoms with Gasteiger partial charge in [-0.3, -0.25) is 0 Å². The fourth-order valence-electron chi connectivity index (χ4n) is 1.56. The van der Waals surface area contributed by atoms with Crippen molar-refractivity contribution in [3.8, 4) is 11.6 Å². The normalized spacial score (nSPS) is 16.0. The number of rotatable bonds is 3. The van der Waals surface area contributed by atoms with Crippen LogP contribution in [0, 0.1) is 0 Å². The summed E-state index contributed by atoms with van der Waals surface area (Å²) in [5.41, 5.74) is 1.18. The summed E-state index contributed by atoms with van der Waals surface area (Å²) in [6, 6.07) is 1.89. The van der Waals surface area contributed by atoms with Gasteiger partial charge in [0.1, 0.15) is 5.75 Å². The molecule has 3 heteroatoms. The molecule has 0 unspecified atom stereocenters. The molecule has 0 aromatic carbocycles. The van der Waals surface area contributed by atoms with Crippen LogP contribution in [0.5, 0.6) is 11.6 Å². The summed E-state index contributed by atoms with van der Waals surface area (Å²) in [6.07, 6.45) is 4.58. The maximum absolute atomic E-state index is 5.91. The smallest absolute Gasteiger partial charge is 0.216 e. The summed E-state index contributed by atoms with van der Waals surface area (Å²) in [5.74, 6) is 1.53. The van der Waals surface area contributed by atoms with Gasteiger partial charge in [-0.25, -0.2) is 4.98 Å². The lowest BCUT2D eigenvalue weighted by molar-refractivity contribution is 0.290. The highest BCUT2D eigenvalue weighted by Crippen LogP contribution is 2.36. The molecule has 0 radical (unpaired) electrons. The van der Waals surface area contributed by atoms with E-state index in [1.54, 1.807) is 7.11 Å². The Hall–Kier alpha value is -1.25. The number of aromatic nitrogens is 1. The molecule has 0 atom stereocenters. The van der Waals surface area contributed by atoms with Crippen LogP contribution in [0.25, 0.3) is 0 Å². The highest BCUT2D eigenvalue weighted by molar-refractivity contribution is 5.40. The molecule has 1 aliphatic rings. The van der Waals surface area contributed by atoms with Crippen molar-refractivity contribution in [3.63, 3.8) is 0 Å². The van der Waals surface area contributed by atoms with Gasteiger partial charge in [-0.2, -0.15) is 0 Å². The maximum atomic E-state index is 5.91. The van der Waals surface area contributed by atoms with Gasteiger partial charge in [0.2, 0.25) is 5.88 Å². The molecule has 1 fully saturated rings. The van der Waals surface area contributed by atoms with Crippen molar-refractivity contribution in [1.82, 2.24) is 4.98 Å². The van der Waals surface area contributed by atoms with E-state index in [1.165, 1.54) is 0 Å². The van der Waals surface area contributed by atoms with Crippen molar-refractivity contribution in [2.24, 2.45) is 0 Å². The predicted molar refractivity (Wildman–Crippen MR) is 63.1 cm³/mol. The summed E-state index contributed by atoms with van der Waals surface area (Å²) >= 11 is 0. The van der Waals surface area contributed by atoms with E-state index in [2.05, 4.69) is 25.8 Å². The van der Waals surface area contributed by atoms with Gasteiger partial charge in [-0.05, 0) is 18.3 Å². The van der Waals surface area contributed by atoms with Crippen LogP contribution >= 0.6 is 0 Å². The molecule has 2 rings (SSSR count). The SMILES string of the molecule is COc1cc(OC2CC2)c(C(C)(C)C)cn1. The third-order valence-electron chi connectivity index (χ3n) is 2.68. The van der Waals surface area contributed by atoms with Crippen LogP contribution < -0.4 is 9.47 Å². The first kappa shape index (κ1) is 11.2. The van der Waals surface area contributed by atoms with E-state index in [4.69, 9.17) is 9.47 Å². The third-order valence-corrected chi connectivity index (χ3v) is 2.68. The molecule has 3 nitrogen and oxygen atoms in total. The third kappa shape index (κ3) is 2.46. The Morgan fingerprint density at radius 1 is 1.31 bits per heavy atom. The van der Waals surface area contributed by atoms with Crippen molar-refractivity contribution in [2.45, 2.75) is 45.1 Å². The van der Waals surface area contributed by atoms with Gasteiger partial charge in [0.15, 0.2) is 0 Å². The molecule has 0 aliphatic heterocycles. The average Bonchev–Trinajstić information content (AvgIpc) is 3.00. The zero-order chi connectivity index (χ0) is 11.8. The molecule has 0 saturated heterocycles. The number of nitrogens with zero attached hydrogens (tertiary/aromatic N) is 1.